The standard InChI is InChI=1S/C22H26N6O3S/c1-14(2)28-12-10-20(26-28)32(23,30)27-22(29)25-21-17-6-4-5-15(17)7-8-18(21)16-9-11-24-19(13-16)31-3/h7-14H,4-6H2,1-3H3,(H3,23,25,27,29,30)/t32-/m1/s1. The van der Waals surface area contributed by atoms with Crippen molar-refractivity contribution in [1.29, 1.82) is 4.78 Å². The normalized spacial score (nSPS) is 14.6. The van der Waals surface area contributed by atoms with Crippen LogP contribution in [-0.2, 0) is 22.8 Å². The first-order chi connectivity index (χ1) is 15.3. The summed E-state index contributed by atoms with van der Waals surface area (Å²) in [5.74, 6) is 0.466. The molecule has 2 aromatic heterocycles. The molecule has 1 atom stereocenters. The average Bonchev–Trinajstić information content (AvgIpc) is 3.44. The van der Waals surface area contributed by atoms with Gasteiger partial charge in [-0.05, 0) is 61.9 Å². The van der Waals surface area contributed by atoms with Crippen molar-refractivity contribution in [2.45, 2.75) is 44.2 Å². The van der Waals surface area contributed by atoms with Gasteiger partial charge in [0.25, 0.3) is 0 Å². The quantitative estimate of drug-likeness (QED) is 0.516. The van der Waals surface area contributed by atoms with E-state index in [0.29, 0.717) is 11.6 Å². The number of fused-ring (bicyclic) bond motifs is 1. The fourth-order valence-corrected chi connectivity index (χ4v) is 4.70. The number of rotatable bonds is 6. The van der Waals surface area contributed by atoms with Gasteiger partial charge in [-0.2, -0.15) is 5.10 Å². The Bertz CT molecular complexity index is 1270. The van der Waals surface area contributed by atoms with E-state index in [-0.39, 0.29) is 11.1 Å². The maximum Gasteiger partial charge on any atom is 0.332 e. The van der Waals surface area contributed by atoms with Crippen LogP contribution in [0.2, 0.25) is 0 Å². The van der Waals surface area contributed by atoms with Crippen LogP contribution < -0.4 is 14.8 Å². The third kappa shape index (κ3) is 4.31. The zero-order chi connectivity index (χ0) is 22.9. The van der Waals surface area contributed by atoms with E-state index in [4.69, 9.17) is 9.52 Å². The zero-order valence-corrected chi connectivity index (χ0v) is 19.0. The van der Waals surface area contributed by atoms with Crippen molar-refractivity contribution < 1.29 is 13.7 Å². The number of anilines is 1. The predicted octanol–water partition coefficient (Wildman–Crippen LogP) is 4.17. The SMILES string of the molecule is COc1cc(-c2ccc3c(c2NC(=O)N[S@@](=N)(=O)c2ccn(C(C)C)n2)CCC3)ccn1. The summed E-state index contributed by atoms with van der Waals surface area (Å²) in [7, 11) is -2.07. The third-order valence-electron chi connectivity index (χ3n) is 5.42. The van der Waals surface area contributed by atoms with Gasteiger partial charge in [-0.15, -0.1) is 0 Å². The fourth-order valence-electron chi connectivity index (χ4n) is 3.82. The van der Waals surface area contributed by atoms with Crippen molar-refractivity contribution in [3.8, 4) is 17.0 Å². The lowest BCUT2D eigenvalue weighted by molar-refractivity contribution is 0.256. The van der Waals surface area contributed by atoms with Gasteiger partial charge in [0.15, 0.2) is 14.9 Å². The topological polar surface area (TPSA) is 122 Å². The summed E-state index contributed by atoms with van der Waals surface area (Å²) in [4.78, 5) is 17.0. The number of aromatic nitrogens is 3. The largest absolute Gasteiger partial charge is 0.481 e. The summed E-state index contributed by atoms with van der Waals surface area (Å²) in [5, 5.41) is 7.04. The van der Waals surface area contributed by atoms with Gasteiger partial charge in [0.05, 0.1) is 12.8 Å². The van der Waals surface area contributed by atoms with Crippen molar-refractivity contribution >= 4 is 21.6 Å². The van der Waals surface area contributed by atoms with E-state index in [0.717, 1.165) is 36.0 Å². The first-order valence-electron chi connectivity index (χ1n) is 10.4. The molecule has 4 rings (SSSR count). The fraction of sp³-hybridized carbons (Fsp3) is 0.318. The Balaban J connectivity index is 1.64. The molecule has 0 bridgehead atoms. The van der Waals surface area contributed by atoms with Gasteiger partial charge < -0.3 is 10.1 Å². The van der Waals surface area contributed by atoms with Gasteiger partial charge in [-0.1, -0.05) is 12.1 Å². The molecule has 168 valence electrons. The molecule has 0 unspecified atom stereocenters. The van der Waals surface area contributed by atoms with Gasteiger partial charge in [0.1, 0.15) is 0 Å². The molecule has 9 nitrogen and oxygen atoms in total. The third-order valence-corrected chi connectivity index (χ3v) is 6.70. The second-order valence-corrected chi connectivity index (χ2v) is 9.64. The lowest BCUT2D eigenvalue weighted by Gasteiger charge is -2.17. The minimum atomic E-state index is -3.62. The number of hydrogen-bond donors (Lipinski definition) is 3. The van der Waals surface area contributed by atoms with Crippen LogP contribution in [0.1, 0.15) is 37.4 Å². The van der Waals surface area contributed by atoms with Crippen LogP contribution in [0.15, 0.2) is 47.8 Å². The average molecular weight is 455 g/mol. The molecule has 2 amide bonds. The van der Waals surface area contributed by atoms with Gasteiger partial charge in [0.2, 0.25) is 5.88 Å². The molecule has 1 aliphatic rings. The highest BCUT2D eigenvalue weighted by molar-refractivity contribution is 7.91. The number of pyridine rings is 1. The van der Waals surface area contributed by atoms with Crippen molar-refractivity contribution in [2.24, 2.45) is 0 Å². The first kappa shape index (κ1) is 21.8. The summed E-state index contributed by atoms with van der Waals surface area (Å²) in [6, 6.07) is 8.49. The summed E-state index contributed by atoms with van der Waals surface area (Å²) < 4.78 is 30.2. The van der Waals surface area contributed by atoms with Crippen molar-refractivity contribution in [3.05, 3.63) is 53.9 Å². The summed E-state index contributed by atoms with van der Waals surface area (Å²) in [5.41, 5.74) is 4.52. The van der Waals surface area contributed by atoms with Crippen LogP contribution in [0, 0.1) is 4.78 Å². The molecule has 0 aliphatic heterocycles. The smallest absolute Gasteiger partial charge is 0.332 e. The molecule has 0 saturated heterocycles. The maximum atomic E-state index is 12.9. The van der Waals surface area contributed by atoms with Crippen LogP contribution in [0.3, 0.4) is 0 Å². The number of carbonyl (C=O) groups excluding carboxylic acids is 1. The number of aryl methyl sites for hydroxylation is 1. The van der Waals surface area contributed by atoms with Crippen LogP contribution in [0.25, 0.3) is 11.1 Å². The Morgan fingerprint density at radius 2 is 2.06 bits per heavy atom. The van der Waals surface area contributed by atoms with Gasteiger partial charge in [-0.25, -0.2) is 23.5 Å². The number of benzene rings is 1. The molecule has 0 radical (unpaired) electrons. The molecular formula is C22H26N6O3S. The maximum absolute atomic E-state index is 12.9. The number of amides is 2. The van der Waals surface area contributed by atoms with Gasteiger partial charge in [-0.3, -0.25) is 4.68 Å². The van der Waals surface area contributed by atoms with E-state index >= 15 is 0 Å². The number of methoxy groups -OCH3 is 1. The number of nitrogens with one attached hydrogen (secondary N) is 3. The number of urea groups is 1. The Hall–Kier alpha value is -3.40. The van der Waals surface area contributed by atoms with Gasteiger partial charge >= 0.3 is 6.03 Å². The Morgan fingerprint density at radius 1 is 1.25 bits per heavy atom. The van der Waals surface area contributed by atoms with Crippen LogP contribution in [-0.4, -0.2) is 32.1 Å². The highest BCUT2D eigenvalue weighted by atomic mass is 32.2. The monoisotopic (exact) mass is 454 g/mol. The minimum Gasteiger partial charge on any atom is -0.481 e. The van der Waals surface area contributed by atoms with Crippen molar-refractivity contribution in [1.82, 2.24) is 19.5 Å². The molecule has 2 heterocycles. The van der Waals surface area contributed by atoms with Crippen LogP contribution in [0.4, 0.5) is 10.5 Å². The Morgan fingerprint density at radius 3 is 2.78 bits per heavy atom. The number of hydrogen-bond acceptors (Lipinski definition) is 6. The van der Waals surface area contributed by atoms with Crippen molar-refractivity contribution in [2.75, 3.05) is 12.4 Å². The molecule has 32 heavy (non-hydrogen) atoms. The Labute approximate surface area is 187 Å². The first-order valence-corrected chi connectivity index (χ1v) is 11.9. The second kappa shape index (κ2) is 8.62. The zero-order valence-electron chi connectivity index (χ0n) is 18.2. The highest BCUT2D eigenvalue weighted by Gasteiger charge is 2.23. The molecular weight excluding hydrogens is 428 g/mol. The molecule has 1 aliphatic carbocycles. The second-order valence-electron chi connectivity index (χ2n) is 7.91. The highest BCUT2D eigenvalue weighted by Crippen LogP contribution is 2.38. The van der Waals surface area contributed by atoms with Gasteiger partial charge in [0, 0.05) is 30.1 Å². The van der Waals surface area contributed by atoms with E-state index in [1.807, 2.05) is 26.0 Å². The number of nitrogens with zero attached hydrogens (tertiary/aromatic N) is 3. The molecule has 10 heteroatoms. The summed E-state index contributed by atoms with van der Waals surface area (Å²) in [6.45, 7) is 3.85. The summed E-state index contributed by atoms with van der Waals surface area (Å²) >= 11 is 0. The van der Waals surface area contributed by atoms with E-state index in [1.165, 1.54) is 11.6 Å². The van der Waals surface area contributed by atoms with E-state index in [2.05, 4.69) is 26.2 Å². The van der Waals surface area contributed by atoms with E-state index < -0.39 is 15.9 Å². The number of ether oxygens (including phenoxy) is 1. The van der Waals surface area contributed by atoms with E-state index in [1.54, 1.807) is 30.3 Å². The van der Waals surface area contributed by atoms with Crippen LogP contribution >= 0.6 is 0 Å². The van der Waals surface area contributed by atoms with Crippen LogP contribution in [0.5, 0.6) is 5.88 Å². The number of carbonyl (C=O) groups is 1. The molecule has 0 spiro atoms. The molecule has 0 fully saturated rings. The minimum absolute atomic E-state index is 0.0127. The molecule has 3 aromatic rings. The summed E-state index contributed by atoms with van der Waals surface area (Å²) in [6.07, 6.45) is 6.06. The lowest BCUT2D eigenvalue weighted by Crippen LogP contribution is -2.34. The lowest BCUT2D eigenvalue weighted by atomic mass is 9.98. The molecule has 0 saturated carbocycles. The Kier molecular flexibility index (Phi) is 5.88. The predicted molar refractivity (Wildman–Crippen MR) is 122 cm³/mol. The molecule has 3 N–H and O–H groups in total. The molecule has 1 aromatic carbocycles. The van der Waals surface area contributed by atoms with Crippen molar-refractivity contribution in [3.63, 3.8) is 0 Å². The van der Waals surface area contributed by atoms with E-state index in [9.17, 15) is 9.00 Å².